The maximum Gasteiger partial charge on any atom is 0.318 e. The first-order valence-electron chi connectivity index (χ1n) is 7.16. The zero-order valence-electron chi connectivity index (χ0n) is 12.3. The Bertz CT molecular complexity index is 634. The topological polar surface area (TPSA) is 58.4 Å². The lowest BCUT2D eigenvalue weighted by Gasteiger charge is -2.23. The fraction of sp³-hybridized carbons (Fsp3) is 0.467. The van der Waals surface area contributed by atoms with Gasteiger partial charge in [-0.2, -0.15) is 0 Å². The van der Waals surface area contributed by atoms with E-state index in [1.165, 1.54) is 10.4 Å². The van der Waals surface area contributed by atoms with Gasteiger partial charge in [0, 0.05) is 17.5 Å². The number of carbonyl (C=O) groups is 1. The van der Waals surface area contributed by atoms with Crippen molar-refractivity contribution in [3.8, 4) is 0 Å². The fourth-order valence-corrected chi connectivity index (χ4v) is 3.53. The molecule has 3 heterocycles. The van der Waals surface area contributed by atoms with Crippen molar-refractivity contribution in [1.82, 2.24) is 15.4 Å². The molecular formula is C15H19N3O2S. The van der Waals surface area contributed by atoms with Crippen LogP contribution in [-0.2, 0) is 6.54 Å². The van der Waals surface area contributed by atoms with E-state index in [4.69, 9.17) is 4.52 Å². The van der Waals surface area contributed by atoms with Crippen LogP contribution in [0.15, 0.2) is 22.0 Å². The highest BCUT2D eigenvalue weighted by molar-refractivity contribution is 7.10. The Labute approximate surface area is 127 Å². The van der Waals surface area contributed by atoms with Crippen LogP contribution in [0.25, 0.3) is 0 Å². The van der Waals surface area contributed by atoms with Gasteiger partial charge in [-0.25, -0.2) is 4.79 Å². The fourth-order valence-electron chi connectivity index (χ4n) is 2.69. The summed E-state index contributed by atoms with van der Waals surface area (Å²) in [6.45, 7) is 5.31. The SMILES string of the molecule is Cc1cc([C@H]2CCCN2C(=O)NCc2sccc2C)on1. The van der Waals surface area contributed by atoms with Gasteiger partial charge in [0.05, 0.1) is 18.3 Å². The second-order valence-corrected chi connectivity index (χ2v) is 6.41. The number of aromatic nitrogens is 1. The summed E-state index contributed by atoms with van der Waals surface area (Å²) in [5.41, 5.74) is 2.08. The summed E-state index contributed by atoms with van der Waals surface area (Å²) in [4.78, 5) is 15.5. The Morgan fingerprint density at radius 2 is 2.43 bits per heavy atom. The van der Waals surface area contributed by atoms with Gasteiger partial charge in [-0.1, -0.05) is 5.16 Å². The van der Waals surface area contributed by atoms with E-state index in [9.17, 15) is 4.79 Å². The number of hydrogen-bond donors (Lipinski definition) is 1. The number of likely N-dealkylation sites (tertiary alicyclic amines) is 1. The second kappa shape index (κ2) is 5.89. The third-order valence-electron chi connectivity index (χ3n) is 3.86. The first kappa shape index (κ1) is 14.1. The Kier molecular flexibility index (Phi) is 3.96. The van der Waals surface area contributed by atoms with Gasteiger partial charge in [-0.3, -0.25) is 0 Å². The number of rotatable bonds is 3. The number of aryl methyl sites for hydroxylation is 2. The molecule has 1 fully saturated rings. The summed E-state index contributed by atoms with van der Waals surface area (Å²) in [5.74, 6) is 0.785. The molecule has 0 aliphatic carbocycles. The van der Waals surface area contributed by atoms with E-state index in [2.05, 4.69) is 23.5 Å². The van der Waals surface area contributed by atoms with Crippen molar-refractivity contribution in [2.24, 2.45) is 0 Å². The first-order valence-corrected chi connectivity index (χ1v) is 8.04. The molecule has 1 atom stereocenters. The highest BCUT2D eigenvalue weighted by Crippen LogP contribution is 2.32. The lowest BCUT2D eigenvalue weighted by atomic mass is 10.1. The lowest BCUT2D eigenvalue weighted by Crippen LogP contribution is -2.39. The third-order valence-corrected chi connectivity index (χ3v) is 4.88. The summed E-state index contributed by atoms with van der Waals surface area (Å²) in [6, 6.07) is 3.97. The molecule has 0 aromatic carbocycles. The predicted octanol–water partition coefficient (Wildman–Crippen LogP) is 3.40. The molecule has 21 heavy (non-hydrogen) atoms. The highest BCUT2D eigenvalue weighted by atomic mass is 32.1. The minimum absolute atomic E-state index is 0.00985. The molecule has 112 valence electrons. The van der Waals surface area contributed by atoms with Crippen LogP contribution in [0.4, 0.5) is 4.79 Å². The van der Waals surface area contributed by atoms with Crippen molar-refractivity contribution in [2.75, 3.05) is 6.54 Å². The molecule has 0 bridgehead atoms. The summed E-state index contributed by atoms with van der Waals surface area (Å²) in [6.07, 6.45) is 1.93. The van der Waals surface area contributed by atoms with Crippen LogP contribution in [0.5, 0.6) is 0 Å². The maximum absolute atomic E-state index is 12.4. The molecule has 2 amide bonds. The largest absolute Gasteiger partial charge is 0.359 e. The van der Waals surface area contributed by atoms with Crippen molar-refractivity contribution in [1.29, 1.82) is 0 Å². The molecule has 1 N–H and O–H groups in total. The van der Waals surface area contributed by atoms with E-state index >= 15 is 0 Å². The molecule has 0 radical (unpaired) electrons. The smallest absolute Gasteiger partial charge is 0.318 e. The molecule has 0 saturated carbocycles. The summed E-state index contributed by atoms with van der Waals surface area (Å²) < 4.78 is 5.33. The standard InChI is InChI=1S/C15H19N3O2S/c1-10-5-7-21-14(10)9-16-15(19)18-6-3-4-12(18)13-8-11(2)17-20-13/h5,7-8,12H,3-4,6,9H2,1-2H3,(H,16,19)/t12-/m1/s1. The molecule has 6 heteroatoms. The average molecular weight is 305 g/mol. The van der Waals surface area contributed by atoms with Crippen LogP contribution in [-0.4, -0.2) is 22.6 Å². The molecule has 3 rings (SSSR count). The number of nitrogens with one attached hydrogen (secondary N) is 1. The maximum atomic E-state index is 12.4. The zero-order valence-corrected chi connectivity index (χ0v) is 13.1. The molecule has 2 aromatic rings. The van der Waals surface area contributed by atoms with E-state index < -0.39 is 0 Å². The molecule has 0 unspecified atom stereocenters. The number of urea groups is 1. The molecule has 0 spiro atoms. The van der Waals surface area contributed by atoms with Crippen molar-refractivity contribution in [2.45, 2.75) is 39.3 Å². The Hall–Kier alpha value is -1.82. The van der Waals surface area contributed by atoms with Crippen LogP contribution in [0.2, 0.25) is 0 Å². The molecule has 1 saturated heterocycles. The summed E-state index contributed by atoms with van der Waals surface area (Å²) in [7, 11) is 0. The summed E-state index contributed by atoms with van der Waals surface area (Å²) in [5, 5.41) is 8.98. The van der Waals surface area contributed by atoms with Crippen molar-refractivity contribution >= 4 is 17.4 Å². The lowest BCUT2D eigenvalue weighted by molar-refractivity contribution is 0.182. The van der Waals surface area contributed by atoms with E-state index in [0.717, 1.165) is 30.8 Å². The van der Waals surface area contributed by atoms with Crippen LogP contribution >= 0.6 is 11.3 Å². The number of amides is 2. The third kappa shape index (κ3) is 2.95. The van der Waals surface area contributed by atoms with Gasteiger partial charge in [0.25, 0.3) is 0 Å². The molecule has 5 nitrogen and oxygen atoms in total. The Morgan fingerprint density at radius 3 is 3.10 bits per heavy atom. The minimum atomic E-state index is -0.0284. The van der Waals surface area contributed by atoms with Gasteiger partial charge in [0.2, 0.25) is 0 Å². The normalized spacial score (nSPS) is 18.2. The van der Waals surface area contributed by atoms with Crippen LogP contribution in [0.3, 0.4) is 0 Å². The molecular weight excluding hydrogens is 286 g/mol. The number of nitrogens with zero attached hydrogens (tertiary/aromatic N) is 2. The Balaban J connectivity index is 1.65. The van der Waals surface area contributed by atoms with Crippen LogP contribution in [0, 0.1) is 13.8 Å². The van der Waals surface area contributed by atoms with E-state index in [1.54, 1.807) is 11.3 Å². The number of thiophene rings is 1. The Morgan fingerprint density at radius 1 is 1.57 bits per heavy atom. The van der Waals surface area contributed by atoms with E-state index in [-0.39, 0.29) is 12.1 Å². The monoisotopic (exact) mass is 305 g/mol. The van der Waals surface area contributed by atoms with Crippen molar-refractivity contribution < 1.29 is 9.32 Å². The van der Waals surface area contributed by atoms with Crippen LogP contribution < -0.4 is 5.32 Å². The summed E-state index contributed by atoms with van der Waals surface area (Å²) >= 11 is 1.67. The zero-order chi connectivity index (χ0) is 14.8. The first-order chi connectivity index (χ1) is 10.1. The molecule has 1 aliphatic heterocycles. The van der Waals surface area contributed by atoms with E-state index in [1.807, 2.05) is 23.3 Å². The van der Waals surface area contributed by atoms with Gasteiger partial charge in [0.15, 0.2) is 5.76 Å². The van der Waals surface area contributed by atoms with Crippen LogP contribution in [0.1, 0.15) is 40.8 Å². The molecule has 2 aromatic heterocycles. The van der Waals surface area contributed by atoms with Gasteiger partial charge in [-0.15, -0.1) is 11.3 Å². The molecule has 1 aliphatic rings. The average Bonchev–Trinajstić information content (AvgIpc) is 3.16. The van der Waals surface area contributed by atoms with Gasteiger partial charge < -0.3 is 14.7 Å². The minimum Gasteiger partial charge on any atom is -0.359 e. The quantitative estimate of drug-likeness (QED) is 0.945. The van der Waals surface area contributed by atoms with Gasteiger partial charge >= 0.3 is 6.03 Å². The van der Waals surface area contributed by atoms with Crippen molar-refractivity contribution in [3.63, 3.8) is 0 Å². The van der Waals surface area contributed by atoms with Gasteiger partial charge in [-0.05, 0) is 43.7 Å². The number of carbonyl (C=O) groups excluding carboxylic acids is 1. The highest BCUT2D eigenvalue weighted by Gasteiger charge is 2.32. The second-order valence-electron chi connectivity index (χ2n) is 5.41. The van der Waals surface area contributed by atoms with Crippen molar-refractivity contribution in [3.05, 3.63) is 39.4 Å². The number of hydrogen-bond acceptors (Lipinski definition) is 4. The van der Waals surface area contributed by atoms with E-state index in [0.29, 0.717) is 6.54 Å². The van der Waals surface area contributed by atoms with Gasteiger partial charge in [0.1, 0.15) is 0 Å². The predicted molar refractivity (Wildman–Crippen MR) is 81.2 cm³/mol.